The summed E-state index contributed by atoms with van der Waals surface area (Å²) in [5, 5.41) is 13.3. The second-order valence-electron chi connectivity index (χ2n) is 10.9. The van der Waals surface area contributed by atoms with Gasteiger partial charge in [0, 0.05) is 45.3 Å². The number of unbranched alkanes of at least 4 members (excludes halogenated alkanes) is 1. The molecule has 0 saturated heterocycles. The van der Waals surface area contributed by atoms with E-state index in [-0.39, 0.29) is 37.1 Å². The first-order valence-electron chi connectivity index (χ1n) is 14.2. The molecular weight excluding hydrogens is 576 g/mol. The van der Waals surface area contributed by atoms with E-state index in [1.54, 1.807) is 11.9 Å². The third-order valence-electron chi connectivity index (χ3n) is 7.59. The fourth-order valence-corrected chi connectivity index (χ4v) is 5.48. The molecule has 0 fully saturated rings. The summed E-state index contributed by atoms with van der Waals surface area (Å²) in [4.78, 5) is 19.0. The van der Waals surface area contributed by atoms with Crippen LogP contribution in [0.1, 0.15) is 72.4 Å². The summed E-state index contributed by atoms with van der Waals surface area (Å²) in [6.45, 7) is 3.05. The van der Waals surface area contributed by atoms with E-state index in [0.29, 0.717) is 25.9 Å². The number of hydrogen-bond acceptors (Lipinski definition) is 5. The average molecular weight is 612 g/mol. The molecule has 13 heteroatoms. The van der Waals surface area contributed by atoms with Crippen LogP contribution < -0.4 is 9.80 Å². The maximum absolute atomic E-state index is 13.6. The lowest BCUT2D eigenvalue weighted by molar-refractivity contribution is -0.143. The smallest absolute Gasteiger partial charge is 0.416 e. The van der Waals surface area contributed by atoms with Crippen LogP contribution in [0.4, 0.5) is 38.0 Å². The van der Waals surface area contributed by atoms with Crippen LogP contribution >= 0.6 is 0 Å². The molecule has 0 aliphatic heterocycles. The number of aromatic nitrogens is 3. The summed E-state index contributed by atoms with van der Waals surface area (Å²) >= 11 is 0. The number of aryl methyl sites for hydroxylation is 3. The van der Waals surface area contributed by atoms with Crippen molar-refractivity contribution in [1.29, 1.82) is 0 Å². The van der Waals surface area contributed by atoms with Crippen LogP contribution in [0.15, 0.2) is 36.7 Å². The molecule has 4 rings (SSSR count). The van der Waals surface area contributed by atoms with Crippen molar-refractivity contribution < 1.29 is 36.2 Å². The van der Waals surface area contributed by atoms with Gasteiger partial charge in [-0.1, -0.05) is 6.07 Å². The molecular formula is C30H35F6N5O2. The predicted molar refractivity (Wildman–Crippen MR) is 150 cm³/mol. The maximum Gasteiger partial charge on any atom is 0.416 e. The Morgan fingerprint density at radius 2 is 1.53 bits per heavy atom. The summed E-state index contributed by atoms with van der Waals surface area (Å²) in [6, 6.07) is 5.80. The van der Waals surface area contributed by atoms with Crippen molar-refractivity contribution in [2.45, 2.75) is 77.3 Å². The highest BCUT2D eigenvalue weighted by molar-refractivity contribution is 5.66. The Bertz CT molecular complexity index is 1390. The van der Waals surface area contributed by atoms with E-state index in [1.165, 1.54) is 22.1 Å². The molecule has 234 valence electrons. The molecule has 43 heavy (non-hydrogen) atoms. The van der Waals surface area contributed by atoms with E-state index >= 15 is 0 Å². The Balaban J connectivity index is 1.74. The Kier molecular flexibility index (Phi) is 9.91. The first kappa shape index (κ1) is 32.2. The zero-order valence-electron chi connectivity index (χ0n) is 24.1. The van der Waals surface area contributed by atoms with Crippen molar-refractivity contribution in [3.8, 4) is 0 Å². The number of hydrogen-bond donors (Lipinski definition) is 1. The van der Waals surface area contributed by atoms with Gasteiger partial charge in [0.2, 0.25) is 5.95 Å². The van der Waals surface area contributed by atoms with Gasteiger partial charge in [0.15, 0.2) is 0 Å². The zero-order valence-corrected chi connectivity index (χ0v) is 24.1. The second kappa shape index (κ2) is 13.3. The normalized spacial score (nSPS) is 13.6. The Morgan fingerprint density at radius 3 is 2.07 bits per heavy atom. The number of benzene rings is 2. The van der Waals surface area contributed by atoms with Crippen molar-refractivity contribution in [3.05, 3.63) is 70.0 Å². The van der Waals surface area contributed by atoms with Gasteiger partial charge in [-0.15, -0.1) is 5.10 Å². The molecule has 0 atom stereocenters. The lowest BCUT2D eigenvalue weighted by Crippen LogP contribution is -2.29. The van der Waals surface area contributed by atoms with Crippen molar-refractivity contribution in [3.63, 3.8) is 0 Å². The zero-order chi connectivity index (χ0) is 31.4. The van der Waals surface area contributed by atoms with Gasteiger partial charge in [-0.05, 0) is 92.0 Å². The van der Waals surface area contributed by atoms with Gasteiger partial charge in [-0.3, -0.25) is 9.48 Å². The van der Waals surface area contributed by atoms with Gasteiger partial charge >= 0.3 is 18.3 Å². The highest BCUT2D eigenvalue weighted by Gasteiger charge is 2.37. The maximum atomic E-state index is 13.6. The molecule has 1 aromatic heterocycles. The van der Waals surface area contributed by atoms with E-state index in [1.807, 2.05) is 6.92 Å². The lowest BCUT2D eigenvalue weighted by Gasteiger charge is -2.31. The molecule has 0 unspecified atom stereocenters. The van der Waals surface area contributed by atoms with Crippen LogP contribution in [0, 0.1) is 0 Å². The molecule has 0 saturated carbocycles. The Labute approximate surface area is 246 Å². The quantitative estimate of drug-likeness (QED) is 0.175. The number of rotatable bonds is 12. The van der Waals surface area contributed by atoms with Crippen LogP contribution in [0.2, 0.25) is 0 Å². The van der Waals surface area contributed by atoms with Gasteiger partial charge in [0.25, 0.3) is 0 Å². The number of carboxylic acid groups (broad SMARTS) is 1. The minimum absolute atomic E-state index is 0.0601. The van der Waals surface area contributed by atoms with E-state index in [9.17, 15) is 31.1 Å². The number of halogens is 6. The lowest BCUT2D eigenvalue weighted by atomic mass is 9.89. The van der Waals surface area contributed by atoms with Gasteiger partial charge < -0.3 is 14.9 Å². The summed E-state index contributed by atoms with van der Waals surface area (Å²) in [6.07, 6.45) is -3.43. The Hall–Kier alpha value is -3.77. The van der Waals surface area contributed by atoms with Gasteiger partial charge in [0.1, 0.15) is 6.33 Å². The summed E-state index contributed by atoms with van der Waals surface area (Å²) in [5.41, 5.74) is 1.20. The van der Waals surface area contributed by atoms with Crippen molar-refractivity contribution >= 4 is 17.6 Å². The molecule has 1 aliphatic rings. The van der Waals surface area contributed by atoms with E-state index < -0.39 is 29.4 Å². The molecule has 1 heterocycles. The fraction of sp³-hybridized carbons (Fsp3) is 0.500. The van der Waals surface area contributed by atoms with E-state index in [2.05, 4.69) is 27.1 Å². The molecule has 7 nitrogen and oxygen atoms in total. The van der Waals surface area contributed by atoms with Crippen molar-refractivity contribution in [2.75, 3.05) is 22.9 Å². The number of nitrogens with zero attached hydrogens (tertiary/aromatic N) is 5. The topological polar surface area (TPSA) is 74.5 Å². The number of carboxylic acids is 1. The first-order valence-corrected chi connectivity index (χ1v) is 14.2. The predicted octanol–water partition coefficient (Wildman–Crippen LogP) is 7.02. The van der Waals surface area contributed by atoms with Crippen LogP contribution in [0.3, 0.4) is 0 Å². The largest absolute Gasteiger partial charge is 0.481 e. The van der Waals surface area contributed by atoms with Crippen LogP contribution in [-0.2, 0) is 50.1 Å². The van der Waals surface area contributed by atoms with Gasteiger partial charge in [-0.2, -0.15) is 26.3 Å². The molecule has 3 aromatic rings. The van der Waals surface area contributed by atoms with Gasteiger partial charge in [-0.25, -0.2) is 4.98 Å². The summed E-state index contributed by atoms with van der Waals surface area (Å²) < 4.78 is 83.1. The fourth-order valence-electron chi connectivity index (χ4n) is 5.48. The standard InChI is InChI=1S/C30H35F6N5O2/c1-3-40(11-7-6-10-27(42)43)26-15-22-9-5-4-8-21(22)14-23(26)18-41(28-37-19-39(2)38-28)17-20-12-24(29(31,32)33)16-25(13-20)30(34,35)36/h12-16,19H,3-11,17-18H2,1-2H3,(H,42,43). The summed E-state index contributed by atoms with van der Waals surface area (Å²) in [5.74, 6) is -0.694. The van der Waals surface area contributed by atoms with Gasteiger partial charge in [0.05, 0.1) is 11.1 Å². The minimum atomic E-state index is -4.96. The second-order valence-corrected chi connectivity index (χ2v) is 10.9. The molecule has 0 radical (unpaired) electrons. The minimum Gasteiger partial charge on any atom is -0.481 e. The number of fused-ring (bicyclic) bond motifs is 1. The third kappa shape index (κ3) is 8.41. The Morgan fingerprint density at radius 1 is 0.907 bits per heavy atom. The van der Waals surface area contributed by atoms with Crippen LogP contribution in [-0.4, -0.2) is 38.9 Å². The molecule has 2 aromatic carbocycles. The molecule has 0 amide bonds. The van der Waals surface area contributed by atoms with Crippen LogP contribution in [0.5, 0.6) is 0 Å². The molecule has 1 aliphatic carbocycles. The van der Waals surface area contributed by atoms with Crippen molar-refractivity contribution in [1.82, 2.24) is 14.8 Å². The van der Waals surface area contributed by atoms with E-state index in [0.717, 1.165) is 49.1 Å². The van der Waals surface area contributed by atoms with Crippen molar-refractivity contribution in [2.24, 2.45) is 7.05 Å². The average Bonchev–Trinajstić information content (AvgIpc) is 3.37. The van der Waals surface area contributed by atoms with Crippen LogP contribution in [0.25, 0.3) is 0 Å². The highest BCUT2D eigenvalue weighted by atomic mass is 19.4. The monoisotopic (exact) mass is 611 g/mol. The highest BCUT2D eigenvalue weighted by Crippen LogP contribution is 2.37. The third-order valence-corrected chi connectivity index (χ3v) is 7.59. The summed E-state index contributed by atoms with van der Waals surface area (Å²) in [7, 11) is 1.63. The number of aliphatic carboxylic acids is 1. The number of alkyl halides is 6. The first-order chi connectivity index (χ1) is 20.2. The van der Waals surface area contributed by atoms with E-state index in [4.69, 9.17) is 5.11 Å². The SMILES string of the molecule is CCN(CCCCC(=O)O)c1cc2c(cc1CN(Cc1cc(C(F)(F)F)cc(C(F)(F)F)c1)c1ncn(C)n1)CCCC2. The number of carbonyl (C=O) groups is 1. The number of anilines is 2. The molecule has 0 bridgehead atoms. The molecule has 1 N–H and O–H groups in total. The molecule has 0 spiro atoms.